The van der Waals surface area contributed by atoms with Gasteiger partial charge in [0.05, 0.1) is 5.92 Å². The zero-order valence-corrected chi connectivity index (χ0v) is 14.5. The number of likely N-dealkylation sites (tertiary alicyclic amines) is 2. The van der Waals surface area contributed by atoms with E-state index in [1.807, 2.05) is 24.3 Å². The van der Waals surface area contributed by atoms with E-state index in [4.69, 9.17) is 9.84 Å². The maximum Gasteiger partial charge on any atom is 0.308 e. The van der Waals surface area contributed by atoms with Gasteiger partial charge >= 0.3 is 5.97 Å². The fourth-order valence-corrected chi connectivity index (χ4v) is 3.51. The average Bonchev–Trinajstić information content (AvgIpc) is 3.23. The van der Waals surface area contributed by atoms with E-state index in [2.05, 4.69) is 4.90 Å². The summed E-state index contributed by atoms with van der Waals surface area (Å²) in [6, 6.07) is 7.95. The maximum atomic E-state index is 11.9. The Morgan fingerprint density at radius 3 is 2.76 bits per heavy atom. The zero-order chi connectivity index (χ0) is 17.6. The van der Waals surface area contributed by atoms with Crippen molar-refractivity contribution in [3.05, 3.63) is 29.8 Å². The van der Waals surface area contributed by atoms with Gasteiger partial charge in [0.25, 0.3) is 0 Å². The number of hydrogen-bond acceptors (Lipinski definition) is 4. The van der Waals surface area contributed by atoms with E-state index in [0.29, 0.717) is 26.1 Å². The molecule has 0 aromatic heterocycles. The molecule has 1 atom stereocenters. The van der Waals surface area contributed by atoms with Gasteiger partial charge in [-0.25, -0.2) is 0 Å². The third-order valence-corrected chi connectivity index (χ3v) is 5.01. The van der Waals surface area contributed by atoms with E-state index in [1.54, 1.807) is 4.90 Å². The lowest BCUT2D eigenvalue weighted by Crippen LogP contribution is -2.28. The predicted molar refractivity (Wildman–Crippen MR) is 93.6 cm³/mol. The maximum absolute atomic E-state index is 11.9. The number of carboxylic acid groups (broad SMARTS) is 1. The molecule has 1 aromatic carbocycles. The third-order valence-electron chi connectivity index (χ3n) is 5.01. The van der Waals surface area contributed by atoms with Crippen LogP contribution in [0, 0.1) is 5.92 Å². The largest absolute Gasteiger partial charge is 0.492 e. The molecule has 1 amide bonds. The van der Waals surface area contributed by atoms with Crippen LogP contribution >= 0.6 is 0 Å². The van der Waals surface area contributed by atoms with Crippen LogP contribution in [0.4, 0.5) is 0 Å². The normalized spacial score (nSPS) is 21.0. The minimum absolute atomic E-state index is 0.0644. The molecule has 0 saturated carbocycles. The Bertz CT molecular complexity index is 613. The third kappa shape index (κ3) is 4.95. The molecule has 2 aliphatic rings. The quantitative estimate of drug-likeness (QED) is 0.775. The molecular formula is C19H26N2O4. The van der Waals surface area contributed by atoms with Gasteiger partial charge < -0.3 is 14.7 Å². The number of carboxylic acids is 1. The second-order valence-electron chi connectivity index (χ2n) is 6.87. The molecule has 0 bridgehead atoms. The summed E-state index contributed by atoms with van der Waals surface area (Å²) < 4.78 is 5.85. The van der Waals surface area contributed by atoms with Crippen molar-refractivity contribution in [3.63, 3.8) is 0 Å². The fourth-order valence-electron chi connectivity index (χ4n) is 3.51. The molecule has 3 rings (SSSR count). The van der Waals surface area contributed by atoms with Crippen molar-refractivity contribution in [2.75, 3.05) is 39.3 Å². The summed E-state index contributed by atoms with van der Waals surface area (Å²) in [7, 11) is 0. The van der Waals surface area contributed by atoms with Crippen molar-refractivity contribution in [3.8, 4) is 5.75 Å². The van der Waals surface area contributed by atoms with Gasteiger partial charge in [0.2, 0.25) is 5.91 Å². The van der Waals surface area contributed by atoms with Gasteiger partial charge in [0.1, 0.15) is 12.4 Å². The van der Waals surface area contributed by atoms with Crippen molar-refractivity contribution in [1.29, 1.82) is 0 Å². The molecular weight excluding hydrogens is 320 g/mol. The van der Waals surface area contributed by atoms with Crippen LogP contribution in [0.2, 0.25) is 0 Å². The summed E-state index contributed by atoms with van der Waals surface area (Å²) in [5.41, 5.74) is 1.10. The topological polar surface area (TPSA) is 70.1 Å². The van der Waals surface area contributed by atoms with Crippen LogP contribution in [0.3, 0.4) is 0 Å². The highest BCUT2D eigenvalue weighted by molar-refractivity contribution is 5.86. The number of nitrogens with zero attached hydrogens (tertiary/aromatic N) is 2. The molecule has 6 nitrogen and oxygen atoms in total. The number of rotatable bonds is 8. The van der Waals surface area contributed by atoms with Crippen LogP contribution in [0.5, 0.6) is 5.75 Å². The number of carbonyl (C=O) groups excluding carboxylic acids is 1. The van der Waals surface area contributed by atoms with Gasteiger partial charge in [-0.1, -0.05) is 12.1 Å². The molecule has 0 radical (unpaired) electrons. The molecule has 2 heterocycles. The Labute approximate surface area is 148 Å². The Balaban J connectivity index is 1.45. The minimum atomic E-state index is -0.885. The summed E-state index contributed by atoms with van der Waals surface area (Å²) in [6.07, 6.45) is 3.40. The van der Waals surface area contributed by atoms with E-state index in [9.17, 15) is 9.59 Å². The van der Waals surface area contributed by atoms with Crippen LogP contribution in [0.1, 0.15) is 24.8 Å². The number of carbonyl (C=O) groups is 2. The standard InChI is InChI=1S/C19H26N2O4/c22-18-13-16(19(23)24)14-21(18)9-6-15-4-3-5-17(12-15)25-11-10-20-7-1-2-8-20/h3-5,12,16H,1-2,6-11,13-14H2,(H,23,24). The second kappa shape index (κ2) is 8.34. The SMILES string of the molecule is O=C(O)C1CC(=O)N(CCc2cccc(OCCN3CCCC3)c2)C1. The monoisotopic (exact) mass is 346 g/mol. The van der Waals surface area contributed by atoms with Gasteiger partial charge in [-0.3, -0.25) is 14.5 Å². The van der Waals surface area contributed by atoms with Gasteiger partial charge in [0.15, 0.2) is 0 Å². The molecule has 1 unspecified atom stereocenters. The highest BCUT2D eigenvalue weighted by atomic mass is 16.5. The van der Waals surface area contributed by atoms with Crippen LogP contribution in [-0.2, 0) is 16.0 Å². The van der Waals surface area contributed by atoms with Gasteiger partial charge in [-0.2, -0.15) is 0 Å². The lowest BCUT2D eigenvalue weighted by Gasteiger charge is -2.17. The number of aliphatic carboxylic acids is 1. The number of amides is 1. The first-order valence-electron chi connectivity index (χ1n) is 9.06. The first kappa shape index (κ1) is 17.7. The fraction of sp³-hybridized carbons (Fsp3) is 0.579. The summed E-state index contributed by atoms with van der Waals surface area (Å²) in [4.78, 5) is 27.0. The number of ether oxygens (including phenoxy) is 1. The summed E-state index contributed by atoms with van der Waals surface area (Å²) in [6.45, 7) is 4.87. The van der Waals surface area contributed by atoms with Crippen molar-refractivity contribution in [2.45, 2.75) is 25.7 Å². The van der Waals surface area contributed by atoms with E-state index >= 15 is 0 Å². The molecule has 1 N–H and O–H groups in total. The lowest BCUT2D eigenvalue weighted by atomic mass is 10.1. The predicted octanol–water partition coefficient (Wildman–Crippen LogP) is 1.64. The first-order valence-corrected chi connectivity index (χ1v) is 9.06. The number of hydrogen-bond donors (Lipinski definition) is 1. The highest BCUT2D eigenvalue weighted by Gasteiger charge is 2.33. The molecule has 0 aliphatic carbocycles. The summed E-state index contributed by atoms with van der Waals surface area (Å²) in [5.74, 6) is -0.657. The van der Waals surface area contributed by atoms with Crippen LogP contribution in [-0.4, -0.2) is 66.1 Å². The van der Waals surface area contributed by atoms with Gasteiger partial charge in [-0.15, -0.1) is 0 Å². The molecule has 2 saturated heterocycles. The summed E-state index contributed by atoms with van der Waals surface area (Å²) >= 11 is 0. The molecule has 6 heteroatoms. The lowest BCUT2D eigenvalue weighted by molar-refractivity contribution is -0.141. The van der Waals surface area contributed by atoms with Gasteiger partial charge in [-0.05, 0) is 50.0 Å². The minimum Gasteiger partial charge on any atom is -0.492 e. The average molecular weight is 346 g/mol. The van der Waals surface area contributed by atoms with Crippen molar-refractivity contribution in [2.24, 2.45) is 5.92 Å². The summed E-state index contributed by atoms with van der Waals surface area (Å²) in [5, 5.41) is 9.03. The molecule has 25 heavy (non-hydrogen) atoms. The van der Waals surface area contributed by atoms with Gasteiger partial charge in [0, 0.05) is 26.1 Å². The second-order valence-corrected chi connectivity index (χ2v) is 6.87. The number of benzene rings is 1. The van der Waals surface area contributed by atoms with Crippen LogP contribution in [0.15, 0.2) is 24.3 Å². The van der Waals surface area contributed by atoms with Crippen LogP contribution in [0.25, 0.3) is 0 Å². The van der Waals surface area contributed by atoms with E-state index in [1.165, 1.54) is 25.9 Å². The Kier molecular flexibility index (Phi) is 5.91. The Morgan fingerprint density at radius 2 is 2.04 bits per heavy atom. The highest BCUT2D eigenvalue weighted by Crippen LogP contribution is 2.19. The van der Waals surface area contributed by atoms with E-state index in [0.717, 1.165) is 17.9 Å². The zero-order valence-electron chi connectivity index (χ0n) is 14.5. The Hall–Kier alpha value is -2.08. The molecule has 0 spiro atoms. The van der Waals surface area contributed by atoms with Crippen LogP contribution < -0.4 is 4.74 Å². The Morgan fingerprint density at radius 1 is 1.24 bits per heavy atom. The van der Waals surface area contributed by atoms with E-state index in [-0.39, 0.29) is 12.3 Å². The first-order chi connectivity index (χ1) is 12.1. The van der Waals surface area contributed by atoms with Crippen molar-refractivity contribution < 1.29 is 19.4 Å². The van der Waals surface area contributed by atoms with E-state index < -0.39 is 11.9 Å². The van der Waals surface area contributed by atoms with Crippen molar-refractivity contribution >= 4 is 11.9 Å². The smallest absolute Gasteiger partial charge is 0.308 e. The molecule has 136 valence electrons. The molecule has 2 aliphatic heterocycles. The molecule has 2 fully saturated rings. The van der Waals surface area contributed by atoms with Crippen molar-refractivity contribution in [1.82, 2.24) is 9.80 Å². The molecule has 1 aromatic rings.